The maximum Gasteiger partial charge on any atom is 0.0715 e. The van der Waals surface area contributed by atoms with Crippen molar-refractivity contribution in [2.45, 2.75) is 0 Å². The number of aromatic nitrogens is 1. The van der Waals surface area contributed by atoms with Gasteiger partial charge in [0, 0.05) is 10.9 Å². The Morgan fingerprint density at radius 3 is 1.39 bits per heavy atom. The molecule has 0 atom stereocenters. The lowest BCUT2D eigenvalue weighted by atomic mass is 9.85. The molecule has 0 saturated carbocycles. The van der Waals surface area contributed by atoms with Gasteiger partial charge in [0.15, 0.2) is 0 Å². The number of rotatable bonds is 3. The van der Waals surface area contributed by atoms with Gasteiger partial charge >= 0.3 is 0 Å². The average Bonchev–Trinajstić information content (AvgIpc) is 3.09. The van der Waals surface area contributed by atoms with Crippen LogP contribution in [0, 0.1) is 0 Å². The zero-order valence-corrected chi connectivity index (χ0v) is 24.0. The third kappa shape index (κ3) is 3.98. The van der Waals surface area contributed by atoms with E-state index in [1.54, 1.807) is 0 Å². The van der Waals surface area contributed by atoms with Crippen molar-refractivity contribution in [1.82, 2.24) is 4.98 Å². The molecule has 0 radical (unpaired) electrons. The number of nitrogens with zero attached hydrogens (tertiary/aromatic N) is 1. The summed E-state index contributed by atoms with van der Waals surface area (Å²) in [5.41, 5.74) is 8.13. The summed E-state index contributed by atoms with van der Waals surface area (Å²) in [6, 6.07) is 59.3. The van der Waals surface area contributed by atoms with Crippen molar-refractivity contribution in [3.8, 4) is 33.5 Å². The molecular formula is C43H27N. The van der Waals surface area contributed by atoms with Gasteiger partial charge in [0.1, 0.15) is 0 Å². The molecule has 1 heteroatoms. The van der Waals surface area contributed by atoms with Crippen LogP contribution in [0.1, 0.15) is 0 Å². The first-order chi connectivity index (χ1) is 21.8. The van der Waals surface area contributed by atoms with Crippen LogP contribution >= 0.6 is 0 Å². The zero-order chi connectivity index (χ0) is 29.0. The van der Waals surface area contributed by atoms with Gasteiger partial charge in [-0.05, 0) is 89.6 Å². The van der Waals surface area contributed by atoms with E-state index in [-0.39, 0.29) is 0 Å². The molecule has 1 aromatic heterocycles. The van der Waals surface area contributed by atoms with E-state index in [2.05, 4.69) is 164 Å². The van der Waals surface area contributed by atoms with E-state index in [1.165, 1.54) is 65.3 Å². The minimum Gasteiger partial charge on any atom is -0.248 e. The summed E-state index contributed by atoms with van der Waals surface area (Å²) in [6.07, 6.45) is 0. The fraction of sp³-hybridized carbons (Fsp3) is 0. The van der Waals surface area contributed by atoms with Gasteiger partial charge in [0.25, 0.3) is 0 Å². The Morgan fingerprint density at radius 1 is 0.295 bits per heavy atom. The van der Waals surface area contributed by atoms with Crippen molar-refractivity contribution in [2.24, 2.45) is 0 Å². The average molecular weight is 558 g/mol. The van der Waals surface area contributed by atoms with E-state index >= 15 is 0 Å². The second-order valence-corrected chi connectivity index (χ2v) is 11.6. The second kappa shape index (κ2) is 9.90. The van der Waals surface area contributed by atoms with E-state index in [4.69, 9.17) is 4.98 Å². The first kappa shape index (κ1) is 24.8. The van der Waals surface area contributed by atoms with Crippen molar-refractivity contribution >= 4 is 54.0 Å². The minimum atomic E-state index is 0.987. The molecule has 8 aromatic carbocycles. The largest absolute Gasteiger partial charge is 0.248 e. The van der Waals surface area contributed by atoms with Crippen LogP contribution in [0.15, 0.2) is 164 Å². The van der Waals surface area contributed by atoms with Crippen LogP contribution in [-0.2, 0) is 0 Å². The zero-order valence-electron chi connectivity index (χ0n) is 24.0. The molecule has 0 amide bonds. The van der Waals surface area contributed by atoms with E-state index in [0.29, 0.717) is 0 Å². The van der Waals surface area contributed by atoms with E-state index < -0.39 is 0 Å². The molecule has 1 nitrogen and oxygen atoms in total. The summed E-state index contributed by atoms with van der Waals surface area (Å²) < 4.78 is 0. The Kier molecular flexibility index (Phi) is 5.57. The summed E-state index contributed by atoms with van der Waals surface area (Å²) >= 11 is 0. The van der Waals surface area contributed by atoms with Crippen molar-refractivity contribution in [3.05, 3.63) is 164 Å². The van der Waals surface area contributed by atoms with Crippen LogP contribution < -0.4 is 0 Å². The SMILES string of the molecule is c1ccc2cc(-c3c4ccccc4c(-c4ccc(-c5ccc6cc7ccccc7cc6n5)cc4)c4ccccc34)ccc2c1. The fourth-order valence-electron chi connectivity index (χ4n) is 6.88. The van der Waals surface area contributed by atoms with Crippen molar-refractivity contribution in [3.63, 3.8) is 0 Å². The molecule has 204 valence electrons. The van der Waals surface area contributed by atoms with Crippen molar-refractivity contribution in [1.29, 1.82) is 0 Å². The summed E-state index contributed by atoms with van der Waals surface area (Å²) in [5, 5.41) is 11.2. The Morgan fingerprint density at radius 2 is 0.750 bits per heavy atom. The van der Waals surface area contributed by atoms with Crippen LogP contribution in [0.3, 0.4) is 0 Å². The van der Waals surface area contributed by atoms with Crippen molar-refractivity contribution < 1.29 is 0 Å². The van der Waals surface area contributed by atoms with E-state index in [1.807, 2.05) is 0 Å². The monoisotopic (exact) mass is 557 g/mol. The lowest BCUT2D eigenvalue weighted by Crippen LogP contribution is -1.91. The molecule has 0 aliphatic rings. The normalized spacial score (nSPS) is 11.6. The molecule has 0 aliphatic carbocycles. The van der Waals surface area contributed by atoms with Crippen LogP contribution in [-0.4, -0.2) is 4.98 Å². The topological polar surface area (TPSA) is 12.9 Å². The smallest absolute Gasteiger partial charge is 0.0715 e. The molecule has 0 aliphatic heterocycles. The number of hydrogen-bond donors (Lipinski definition) is 0. The third-order valence-corrected chi connectivity index (χ3v) is 9.00. The number of hydrogen-bond acceptors (Lipinski definition) is 1. The number of fused-ring (bicyclic) bond motifs is 5. The van der Waals surface area contributed by atoms with Crippen LogP contribution in [0.25, 0.3) is 87.5 Å². The summed E-state index contributed by atoms with van der Waals surface area (Å²) in [6.45, 7) is 0. The lowest BCUT2D eigenvalue weighted by Gasteiger charge is -2.18. The Labute approximate surface area is 255 Å². The van der Waals surface area contributed by atoms with Crippen LogP contribution in [0.4, 0.5) is 0 Å². The molecule has 0 fully saturated rings. The Bertz CT molecular complexity index is 2480. The molecule has 9 aromatic rings. The maximum atomic E-state index is 5.06. The fourth-order valence-corrected chi connectivity index (χ4v) is 6.88. The number of benzene rings is 8. The highest BCUT2D eigenvalue weighted by Gasteiger charge is 2.17. The molecule has 0 saturated heterocycles. The van der Waals surface area contributed by atoms with Gasteiger partial charge < -0.3 is 0 Å². The van der Waals surface area contributed by atoms with Gasteiger partial charge in [-0.25, -0.2) is 4.98 Å². The van der Waals surface area contributed by atoms with Gasteiger partial charge in [-0.15, -0.1) is 0 Å². The second-order valence-electron chi connectivity index (χ2n) is 11.6. The van der Waals surface area contributed by atoms with Crippen molar-refractivity contribution in [2.75, 3.05) is 0 Å². The van der Waals surface area contributed by atoms with Gasteiger partial charge in [-0.2, -0.15) is 0 Å². The highest BCUT2D eigenvalue weighted by molar-refractivity contribution is 6.21. The number of pyridine rings is 1. The summed E-state index contributed by atoms with van der Waals surface area (Å²) in [5.74, 6) is 0. The van der Waals surface area contributed by atoms with Gasteiger partial charge in [-0.1, -0.05) is 140 Å². The standard InChI is InChI=1S/C43H27N/c1-2-10-31-26-35(22-17-28(31)9-1)43-38-15-7-5-13-36(38)42(37-14-6-8-16-39(37)43)30-20-18-29(19-21-30)40-24-23-34-25-32-11-3-4-12-33(32)27-41(34)44-40/h1-27H. The summed E-state index contributed by atoms with van der Waals surface area (Å²) in [4.78, 5) is 5.06. The first-order valence-electron chi connectivity index (χ1n) is 15.1. The van der Waals surface area contributed by atoms with E-state index in [9.17, 15) is 0 Å². The Balaban J connectivity index is 1.20. The quantitative estimate of drug-likeness (QED) is 0.197. The molecule has 0 unspecified atom stereocenters. The molecule has 1 heterocycles. The maximum absolute atomic E-state index is 5.06. The van der Waals surface area contributed by atoms with Gasteiger partial charge in [-0.3, -0.25) is 0 Å². The molecule has 0 N–H and O–H groups in total. The van der Waals surface area contributed by atoms with Crippen LogP contribution in [0.5, 0.6) is 0 Å². The lowest BCUT2D eigenvalue weighted by molar-refractivity contribution is 1.40. The van der Waals surface area contributed by atoms with Gasteiger partial charge in [0.2, 0.25) is 0 Å². The first-order valence-corrected chi connectivity index (χ1v) is 15.1. The van der Waals surface area contributed by atoms with E-state index in [0.717, 1.165) is 22.2 Å². The highest BCUT2D eigenvalue weighted by atomic mass is 14.7. The molecule has 0 bridgehead atoms. The van der Waals surface area contributed by atoms with Crippen LogP contribution in [0.2, 0.25) is 0 Å². The third-order valence-electron chi connectivity index (χ3n) is 9.00. The molecule has 9 rings (SSSR count). The van der Waals surface area contributed by atoms with Gasteiger partial charge in [0.05, 0.1) is 11.2 Å². The molecule has 44 heavy (non-hydrogen) atoms. The Hall–Kier alpha value is -5.79. The predicted molar refractivity (Wildman–Crippen MR) is 188 cm³/mol. The predicted octanol–water partition coefficient (Wildman–Crippen LogP) is 11.8. The highest BCUT2D eigenvalue weighted by Crippen LogP contribution is 2.44. The minimum absolute atomic E-state index is 0.987. The molecular weight excluding hydrogens is 530 g/mol. The summed E-state index contributed by atoms with van der Waals surface area (Å²) in [7, 11) is 0. The molecule has 0 spiro atoms.